The van der Waals surface area contributed by atoms with Crippen molar-refractivity contribution in [2.24, 2.45) is 0 Å². The van der Waals surface area contributed by atoms with E-state index in [0.29, 0.717) is 17.1 Å². The van der Waals surface area contributed by atoms with Crippen molar-refractivity contribution < 1.29 is 22.6 Å². The minimum Gasteiger partial charge on any atom is -0.454 e. The van der Waals surface area contributed by atoms with Crippen molar-refractivity contribution >= 4 is 22.9 Å². The molecule has 28 heavy (non-hydrogen) atoms. The topological polar surface area (TPSA) is 31.4 Å². The molecule has 0 bridgehead atoms. The quantitative estimate of drug-likeness (QED) is 0.543. The molecule has 0 saturated carbocycles. The third-order valence-corrected chi connectivity index (χ3v) is 4.69. The zero-order valence-corrected chi connectivity index (χ0v) is 15.2. The van der Waals surface area contributed by atoms with Crippen LogP contribution in [0.15, 0.2) is 42.6 Å². The van der Waals surface area contributed by atoms with E-state index in [2.05, 4.69) is 11.9 Å². The zero-order chi connectivity index (χ0) is 19.7. The van der Waals surface area contributed by atoms with E-state index < -0.39 is 11.7 Å². The lowest BCUT2D eigenvalue weighted by atomic mass is 10.0. The van der Waals surface area contributed by atoms with Crippen molar-refractivity contribution in [2.45, 2.75) is 25.9 Å². The summed E-state index contributed by atoms with van der Waals surface area (Å²) >= 11 is 0. The van der Waals surface area contributed by atoms with E-state index in [9.17, 15) is 13.2 Å². The Morgan fingerprint density at radius 1 is 1.00 bits per heavy atom. The highest BCUT2D eigenvalue weighted by Crippen LogP contribution is 2.38. The standard InChI is InChI=1S/C22H18F3NO2/c1-2-3-15-12-26-19(18-11-21-20(10-17(15)18)27-13-28-21)9-6-14-4-7-16(8-5-14)22(23,24)25/h4-12H,2-3,13H2,1H3. The Labute approximate surface area is 160 Å². The van der Waals surface area contributed by atoms with Gasteiger partial charge in [-0.2, -0.15) is 13.2 Å². The fourth-order valence-electron chi connectivity index (χ4n) is 3.27. The molecule has 0 spiro atoms. The molecule has 0 amide bonds. The van der Waals surface area contributed by atoms with Crippen molar-refractivity contribution in [2.75, 3.05) is 6.79 Å². The van der Waals surface area contributed by atoms with Crippen molar-refractivity contribution in [3.63, 3.8) is 0 Å². The smallest absolute Gasteiger partial charge is 0.416 e. The number of benzene rings is 2. The molecule has 2 aromatic carbocycles. The number of aryl methyl sites for hydroxylation is 1. The summed E-state index contributed by atoms with van der Waals surface area (Å²) in [5.41, 5.74) is 1.86. The maximum atomic E-state index is 12.7. The van der Waals surface area contributed by atoms with Crippen LogP contribution in [-0.4, -0.2) is 11.8 Å². The average molecular weight is 385 g/mol. The monoisotopic (exact) mass is 385 g/mol. The minimum absolute atomic E-state index is 0.193. The van der Waals surface area contributed by atoms with E-state index >= 15 is 0 Å². The molecule has 0 N–H and O–H groups in total. The fraction of sp³-hybridized carbons (Fsp3) is 0.227. The van der Waals surface area contributed by atoms with E-state index in [0.717, 1.165) is 47.0 Å². The van der Waals surface area contributed by atoms with Gasteiger partial charge >= 0.3 is 6.18 Å². The van der Waals surface area contributed by atoms with Gasteiger partial charge in [0, 0.05) is 11.6 Å². The Morgan fingerprint density at radius 2 is 1.68 bits per heavy atom. The van der Waals surface area contributed by atoms with E-state index in [-0.39, 0.29) is 6.79 Å². The Kier molecular flexibility index (Phi) is 4.71. The number of ether oxygens (including phenoxy) is 2. The summed E-state index contributed by atoms with van der Waals surface area (Å²) in [6.45, 7) is 2.30. The normalized spacial score (nSPS) is 13.6. The number of alkyl halides is 3. The van der Waals surface area contributed by atoms with Crippen molar-refractivity contribution in [1.29, 1.82) is 0 Å². The summed E-state index contributed by atoms with van der Waals surface area (Å²) < 4.78 is 49.1. The lowest BCUT2D eigenvalue weighted by Crippen LogP contribution is -2.03. The minimum atomic E-state index is -4.34. The van der Waals surface area contributed by atoms with Gasteiger partial charge in [-0.1, -0.05) is 31.6 Å². The molecule has 4 rings (SSSR count). The van der Waals surface area contributed by atoms with Crippen LogP contribution in [-0.2, 0) is 12.6 Å². The van der Waals surface area contributed by atoms with E-state index in [4.69, 9.17) is 9.47 Å². The Bertz CT molecular complexity index is 1040. The molecule has 0 fully saturated rings. The van der Waals surface area contributed by atoms with Crippen LogP contribution in [0.2, 0.25) is 0 Å². The van der Waals surface area contributed by atoms with E-state index in [1.807, 2.05) is 24.4 Å². The van der Waals surface area contributed by atoms with Gasteiger partial charge in [-0.15, -0.1) is 0 Å². The summed E-state index contributed by atoms with van der Waals surface area (Å²) in [4.78, 5) is 4.56. The summed E-state index contributed by atoms with van der Waals surface area (Å²) in [7, 11) is 0. The zero-order valence-electron chi connectivity index (χ0n) is 15.2. The summed E-state index contributed by atoms with van der Waals surface area (Å²) in [6, 6.07) is 8.93. The summed E-state index contributed by atoms with van der Waals surface area (Å²) in [6.07, 6.45) is 2.96. The van der Waals surface area contributed by atoms with Crippen LogP contribution in [0, 0.1) is 0 Å². The van der Waals surface area contributed by atoms with Crippen LogP contribution >= 0.6 is 0 Å². The van der Waals surface area contributed by atoms with Crippen molar-refractivity contribution in [1.82, 2.24) is 4.98 Å². The van der Waals surface area contributed by atoms with Gasteiger partial charge in [0.15, 0.2) is 11.5 Å². The highest BCUT2D eigenvalue weighted by Gasteiger charge is 2.29. The highest BCUT2D eigenvalue weighted by molar-refractivity contribution is 5.95. The van der Waals surface area contributed by atoms with Crippen LogP contribution in [0.4, 0.5) is 13.2 Å². The van der Waals surface area contributed by atoms with Gasteiger partial charge in [0.05, 0.1) is 11.3 Å². The Morgan fingerprint density at radius 3 is 2.32 bits per heavy atom. The molecule has 2 heterocycles. The van der Waals surface area contributed by atoms with Gasteiger partial charge in [0.1, 0.15) is 0 Å². The molecule has 1 aliphatic heterocycles. The van der Waals surface area contributed by atoms with Crippen LogP contribution in [0.5, 0.6) is 11.5 Å². The van der Waals surface area contributed by atoms with Gasteiger partial charge in [-0.25, -0.2) is 0 Å². The Hall–Kier alpha value is -3.02. The molecule has 0 aliphatic carbocycles. The molecule has 3 nitrogen and oxygen atoms in total. The first-order valence-electron chi connectivity index (χ1n) is 9.02. The van der Waals surface area contributed by atoms with Crippen LogP contribution < -0.4 is 9.47 Å². The molecule has 144 valence electrons. The third kappa shape index (κ3) is 3.54. The summed E-state index contributed by atoms with van der Waals surface area (Å²) in [5, 5.41) is 1.98. The van der Waals surface area contributed by atoms with Gasteiger partial charge < -0.3 is 9.47 Å². The lowest BCUT2D eigenvalue weighted by molar-refractivity contribution is -0.137. The second-order valence-corrected chi connectivity index (χ2v) is 6.62. The Balaban J connectivity index is 1.72. The number of nitrogens with zero attached hydrogens (tertiary/aromatic N) is 1. The molecule has 1 aromatic heterocycles. The third-order valence-electron chi connectivity index (χ3n) is 4.69. The molecule has 0 atom stereocenters. The van der Waals surface area contributed by atoms with Crippen molar-refractivity contribution in [3.8, 4) is 11.5 Å². The number of hydrogen-bond acceptors (Lipinski definition) is 3. The maximum absolute atomic E-state index is 12.7. The first-order chi connectivity index (χ1) is 13.5. The predicted octanol–water partition coefficient (Wildman–Crippen LogP) is 6.11. The molecule has 1 aliphatic rings. The van der Waals surface area contributed by atoms with E-state index in [1.54, 1.807) is 6.08 Å². The predicted molar refractivity (Wildman–Crippen MR) is 102 cm³/mol. The number of halogens is 3. The molecular weight excluding hydrogens is 367 g/mol. The van der Waals surface area contributed by atoms with Crippen LogP contribution in [0.25, 0.3) is 22.9 Å². The molecular formula is C22H18F3NO2. The average Bonchev–Trinajstić information content (AvgIpc) is 3.13. The molecule has 6 heteroatoms. The summed E-state index contributed by atoms with van der Waals surface area (Å²) in [5.74, 6) is 1.39. The number of pyridine rings is 1. The highest BCUT2D eigenvalue weighted by atomic mass is 19.4. The molecule has 3 aromatic rings. The van der Waals surface area contributed by atoms with Gasteiger partial charge in [-0.05, 0) is 53.3 Å². The molecule has 0 unspecified atom stereocenters. The van der Waals surface area contributed by atoms with E-state index in [1.165, 1.54) is 12.1 Å². The first kappa shape index (κ1) is 18.3. The molecule has 0 radical (unpaired) electrons. The second kappa shape index (κ2) is 7.19. The number of fused-ring (bicyclic) bond motifs is 2. The van der Waals surface area contributed by atoms with Crippen molar-refractivity contribution in [3.05, 3.63) is 65.0 Å². The SMILES string of the molecule is CCCc1cnc(C=Cc2ccc(C(F)(F)F)cc2)c2cc3c(cc12)OCO3. The maximum Gasteiger partial charge on any atom is 0.416 e. The largest absolute Gasteiger partial charge is 0.454 e. The lowest BCUT2D eigenvalue weighted by Gasteiger charge is -2.09. The van der Waals surface area contributed by atoms with Gasteiger partial charge in [0.2, 0.25) is 6.79 Å². The molecule has 0 saturated heterocycles. The number of hydrogen-bond donors (Lipinski definition) is 0. The van der Waals surface area contributed by atoms with Gasteiger partial charge in [0.25, 0.3) is 0 Å². The van der Waals surface area contributed by atoms with Crippen LogP contribution in [0.1, 0.15) is 35.7 Å². The first-order valence-corrected chi connectivity index (χ1v) is 9.02. The number of rotatable bonds is 4. The van der Waals surface area contributed by atoms with Crippen LogP contribution in [0.3, 0.4) is 0 Å². The fourth-order valence-corrected chi connectivity index (χ4v) is 3.27. The van der Waals surface area contributed by atoms with Gasteiger partial charge in [-0.3, -0.25) is 4.98 Å². The second-order valence-electron chi connectivity index (χ2n) is 6.62. The number of aromatic nitrogens is 1.